The Morgan fingerprint density at radius 3 is 2.92 bits per heavy atom. The molecule has 0 spiro atoms. The van der Waals surface area contributed by atoms with E-state index in [0.29, 0.717) is 5.92 Å². The molecule has 0 radical (unpaired) electrons. The molecule has 1 fully saturated rings. The summed E-state index contributed by atoms with van der Waals surface area (Å²) in [5.41, 5.74) is 6.01. The zero-order valence-corrected chi connectivity index (χ0v) is 7.97. The standard InChI is InChI=1S/C10H20N2/c1-3-7-12-10(8-11)6-4-5-9(10)2/h3,9,12H,1,4-8,11H2,2H3. The third-order valence-corrected chi connectivity index (χ3v) is 3.17. The minimum absolute atomic E-state index is 0.203. The van der Waals surface area contributed by atoms with Gasteiger partial charge in [0.05, 0.1) is 0 Å². The summed E-state index contributed by atoms with van der Waals surface area (Å²) < 4.78 is 0. The molecule has 1 saturated carbocycles. The Balaban J connectivity index is 2.54. The van der Waals surface area contributed by atoms with Gasteiger partial charge in [-0.3, -0.25) is 0 Å². The highest BCUT2D eigenvalue weighted by molar-refractivity contribution is 4.99. The first kappa shape index (κ1) is 9.75. The molecule has 0 saturated heterocycles. The van der Waals surface area contributed by atoms with Gasteiger partial charge in [-0.15, -0.1) is 6.58 Å². The minimum atomic E-state index is 0.203. The van der Waals surface area contributed by atoms with E-state index in [9.17, 15) is 0 Å². The van der Waals surface area contributed by atoms with Gasteiger partial charge in [-0.2, -0.15) is 0 Å². The van der Waals surface area contributed by atoms with Crippen molar-refractivity contribution < 1.29 is 0 Å². The van der Waals surface area contributed by atoms with E-state index < -0.39 is 0 Å². The van der Waals surface area contributed by atoms with Gasteiger partial charge in [-0.25, -0.2) is 0 Å². The van der Waals surface area contributed by atoms with Gasteiger partial charge in [0.15, 0.2) is 0 Å². The topological polar surface area (TPSA) is 38.0 Å². The number of rotatable bonds is 4. The van der Waals surface area contributed by atoms with Gasteiger partial charge in [0.2, 0.25) is 0 Å². The van der Waals surface area contributed by atoms with E-state index in [-0.39, 0.29) is 5.54 Å². The lowest BCUT2D eigenvalue weighted by atomic mass is 9.88. The van der Waals surface area contributed by atoms with Crippen LogP contribution in [-0.2, 0) is 0 Å². The Morgan fingerprint density at radius 2 is 2.50 bits per heavy atom. The van der Waals surface area contributed by atoms with Crippen molar-refractivity contribution in [1.82, 2.24) is 5.32 Å². The second-order valence-electron chi connectivity index (χ2n) is 3.82. The Kier molecular flexibility index (Phi) is 3.29. The number of hydrogen-bond donors (Lipinski definition) is 2. The molecule has 2 atom stereocenters. The van der Waals surface area contributed by atoms with Gasteiger partial charge < -0.3 is 11.1 Å². The largest absolute Gasteiger partial charge is 0.329 e. The third-order valence-electron chi connectivity index (χ3n) is 3.17. The van der Waals surface area contributed by atoms with Gasteiger partial charge in [-0.05, 0) is 18.8 Å². The minimum Gasteiger partial charge on any atom is -0.329 e. The van der Waals surface area contributed by atoms with E-state index in [1.54, 1.807) is 0 Å². The summed E-state index contributed by atoms with van der Waals surface area (Å²) in [5.74, 6) is 0.711. The zero-order valence-electron chi connectivity index (χ0n) is 7.97. The summed E-state index contributed by atoms with van der Waals surface area (Å²) in [7, 11) is 0. The molecular weight excluding hydrogens is 148 g/mol. The van der Waals surface area contributed by atoms with Crippen LogP contribution in [-0.4, -0.2) is 18.6 Å². The molecular formula is C10H20N2. The van der Waals surface area contributed by atoms with Crippen molar-refractivity contribution in [2.75, 3.05) is 13.1 Å². The fourth-order valence-corrected chi connectivity index (χ4v) is 2.16. The third kappa shape index (κ3) is 1.70. The monoisotopic (exact) mass is 168 g/mol. The molecule has 0 aromatic rings. The number of nitrogens with one attached hydrogen (secondary N) is 1. The molecule has 3 N–H and O–H groups in total. The number of hydrogen-bond acceptors (Lipinski definition) is 2. The molecule has 2 heteroatoms. The lowest BCUT2D eigenvalue weighted by Crippen LogP contribution is -2.53. The highest BCUT2D eigenvalue weighted by Gasteiger charge is 2.37. The SMILES string of the molecule is C=CCNC1(CN)CCCC1C. The van der Waals surface area contributed by atoms with Crippen molar-refractivity contribution >= 4 is 0 Å². The van der Waals surface area contributed by atoms with Crippen LogP contribution in [0, 0.1) is 5.92 Å². The lowest BCUT2D eigenvalue weighted by molar-refractivity contribution is 0.277. The van der Waals surface area contributed by atoms with Gasteiger partial charge in [-0.1, -0.05) is 19.4 Å². The maximum Gasteiger partial charge on any atom is 0.0332 e. The Morgan fingerprint density at radius 1 is 1.75 bits per heavy atom. The molecule has 2 unspecified atom stereocenters. The summed E-state index contributed by atoms with van der Waals surface area (Å²) >= 11 is 0. The first-order chi connectivity index (χ1) is 5.75. The molecule has 0 aliphatic heterocycles. The quantitative estimate of drug-likeness (QED) is 0.621. The predicted octanol–water partition coefficient (Wildman–Crippen LogP) is 1.28. The van der Waals surface area contributed by atoms with Crippen molar-refractivity contribution in [1.29, 1.82) is 0 Å². The first-order valence-corrected chi connectivity index (χ1v) is 4.81. The van der Waals surface area contributed by atoms with Crippen LogP contribution in [0.25, 0.3) is 0 Å². The predicted molar refractivity (Wildman–Crippen MR) is 53.0 cm³/mol. The van der Waals surface area contributed by atoms with E-state index in [1.165, 1.54) is 19.3 Å². The second kappa shape index (κ2) is 4.06. The van der Waals surface area contributed by atoms with E-state index in [4.69, 9.17) is 5.73 Å². The molecule has 2 nitrogen and oxygen atoms in total. The van der Waals surface area contributed by atoms with Crippen LogP contribution in [0.5, 0.6) is 0 Å². The molecule has 1 aliphatic carbocycles. The smallest absolute Gasteiger partial charge is 0.0332 e. The van der Waals surface area contributed by atoms with Crippen LogP contribution in [0.15, 0.2) is 12.7 Å². The Labute approximate surface area is 75.2 Å². The highest BCUT2D eigenvalue weighted by Crippen LogP contribution is 2.34. The lowest BCUT2D eigenvalue weighted by Gasteiger charge is -2.33. The molecule has 0 amide bonds. The number of nitrogens with two attached hydrogens (primary N) is 1. The zero-order chi connectivity index (χ0) is 9.03. The summed E-state index contributed by atoms with van der Waals surface area (Å²) in [4.78, 5) is 0. The molecule has 70 valence electrons. The fourth-order valence-electron chi connectivity index (χ4n) is 2.16. The normalized spacial score (nSPS) is 35.3. The molecule has 0 aromatic heterocycles. The summed E-state index contributed by atoms with van der Waals surface area (Å²) in [6.45, 7) is 7.62. The average Bonchev–Trinajstić information content (AvgIpc) is 2.45. The molecule has 0 aromatic carbocycles. The van der Waals surface area contributed by atoms with E-state index in [2.05, 4.69) is 18.8 Å². The highest BCUT2D eigenvalue weighted by atomic mass is 15.0. The Hall–Kier alpha value is -0.340. The van der Waals surface area contributed by atoms with Crippen molar-refractivity contribution in [3.63, 3.8) is 0 Å². The van der Waals surface area contributed by atoms with Crippen LogP contribution in [0.3, 0.4) is 0 Å². The summed E-state index contributed by atoms with van der Waals surface area (Å²) in [6, 6.07) is 0. The van der Waals surface area contributed by atoms with Crippen molar-refractivity contribution in [3.8, 4) is 0 Å². The second-order valence-corrected chi connectivity index (χ2v) is 3.82. The van der Waals surface area contributed by atoms with Crippen molar-refractivity contribution in [3.05, 3.63) is 12.7 Å². The van der Waals surface area contributed by atoms with Gasteiger partial charge in [0.25, 0.3) is 0 Å². The van der Waals surface area contributed by atoms with Gasteiger partial charge in [0.1, 0.15) is 0 Å². The summed E-state index contributed by atoms with van der Waals surface area (Å²) in [6.07, 6.45) is 5.74. The van der Waals surface area contributed by atoms with Crippen LogP contribution in [0.2, 0.25) is 0 Å². The van der Waals surface area contributed by atoms with Crippen LogP contribution in [0.4, 0.5) is 0 Å². The molecule has 0 heterocycles. The molecule has 1 rings (SSSR count). The van der Waals surface area contributed by atoms with Crippen LogP contribution >= 0.6 is 0 Å². The van der Waals surface area contributed by atoms with Gasteiger partial charge >= 0.3 is 0 Å². The first-order valence-electron chi connectivity index (χ1n) is 4.81. The fraction of sp³-hybridized carbons (Fsp3) is 0.800. The maximum atomic E-state index is 5.80. The maximum absolute atomic E-state index is 5.80. The van der Waals surface area contributed by atoms with Crippen LogP contribution < -0.4 is 11.1 Å². The van der Waals surface area contributed by atoms with Crippen molar-refractivity contribution in [2.45, 2.75) is 31.7 Å². The molecule has 1 aliphatic rings. The average molecular weight is 168 g/mol. The molecule has 0 bridgehead atoms. The summed E-state index contributed by atoms with van der Waals surface area (Å²) in [5, 5.41) is 3.50. The van der Waals surface area contributed by atoms with Crippen LogP contribution in [0.1, 0.15) is 26.2 Å². The van der Waals surface area contributed by atoms with E-state index in [0.717, 1.165) is 13.1 Å². The van der Waals surface area contributed by atoms with E-state index >= 15 is 0 Å². The van der Waals surface area contributed by atoms with Gasteiger partial charge in [0, 0.05) is 18.6 Å². The van der Waals surface area contributed by atoms with E-state index in [1.807, 2.05) is 6.08 Å². The van der Waals surface area contributed by atoms with Crippen molar-refractivity contribution in [2.24, 2.45) is 11.7 Å². The Bertz CT molecular complexity index is 156. The molecule has 12 heavy (non-hydrogen) atoms.